The van der Waals surface area contributed by atoms with Crippen molar-refractivity contribution in [1.82, 2.24) is 9.78 Å². The molecule has 1 aliphatic rings. The summed E-state index contributed by atoms with van der Waals surface area (Å²) in [5.74, 6) is 0.602. The van der Waals surface area contributed by atoms with Crippen LogP contribution < -0.4 is 11.3 Å². The van der Waals surface area contributed by atoms with Gasteiger partial charge in [0.05, 0.1) is 5.56 Å². The summed E-state index contributed by atoms with van der Waals surface area (Å²) in [6.45, 7) is 5.51. The highest BCUT2D eigenvalue weighted by atomic mass is 32.2. The minimum Gasteiger partial charge on any atom is -0.383 e. The maximum Gasteiger partial charge on any atom is 0.306 e. The summed E-state index contributed by atoms with van der Waals surface area (Å²) >= 11 is 1.04. The summed E-state index contributed by atoms with van der Waals surface area (Å²) in [4.78, 5) is 24.0. The standard InChI is InChI=1S/C14H17N3O2S/c1-3-8-20-14(19)17-12(15)11(13(18)16-17)10-7-5-4-6-9(10)2/h3-6,10H,1,7-8,15H2,2H3,(H,16,18). The Morgan fingerprint density at radius 3 is 3.10 bits per heavy atom. The van der Waals surface area contributed by atoms with Crippen molar-refractivity contribution < 1.29 is 4.79 Å². The molecule has 0 saturated heterocycles. The fourth-order valence-electron chi connectivity index (χ4n) is 2.22. The Bertz CT molecular complexity index is 652. The van der Waals surface area contributed by atoms with E-state index in [1.54, 1.807) is 6.08 Å². The van der Waals surface area contributed by atoms with E-state index in [1.165, 1.54) is 0 Å². The van der Waals surface area contributed by atoms with E-state index in [-0.39, 0.29) is 22.5 Å². The highest BCUT2D eigenvalue weighted by Crippen LogP contribution is 2.32. The predicted octanol–water partition coefficient (Wildman–Crippen LogP) is 2.64. The molecule has 0 amide bonds. The summed E-state index contributed by atoms with van der Waals surface area (Å²) in [5, 5.41) is 2.21. The lowest BCUT2D eigenvalue weighted by molar-refractivity contribution is 0.260. The van der Waals surface area contributed by atoms with Gasteiger partial charge in [0.25, 0.3) is 5.56 Å². The molecule has 3 N–H and O–H groups in total. The van der Waals surface area contributed by atoms with Gasteiger partial charge in [-0.2, -0.15) is 4.68 Å². The molecule has 106 valence electrons. The third kappa shape index (κ3) is 2.65. The first-order chi connectivity index (χ1) is 9.56. The second-order valence-corrected chi connectivity index (χ2v) is 5.54. The minimum atomic E-state index is -0.307. The normalized spacial score (nSPS) is 17.9. The Kier molecular flexibility index (Phi) is 4.34. The van der Waals surface area contributed by atoms with Crippen molar-refractivity contribution in [1.29, 1.82) is 0 Å². The molecule has 0 aliphatic heterocycles. The number of carbonyl (C=O) groups is 1. The molecule has 5 nitrogen and oxygen atoms in total. The Morgan fingerprint density at radius 1 is 1.70 bits per heavy atom. The van der Waals surface area contributed by atoms with Crippen molar-refractivity contribution >= 4 is 22.8 Å². The topological polar surface area (TPSA) is 80.9 Å². The predicted molar refractivity (Wildman–Crippen MR) is 83.2 cm³/mol. The molecule has 1 aromatic heterocycles. The number of anilines is 1. The molecule has 0 spiro atoms. The molecule has 1 aliphatic carbocycles. The summed E-state index contributed by atoms with van der Waals surface area (Å²) in [6.07, 6.45) is 8.24. The summed E-state index contributed by atoms with van der Waals surface area (Å²) < 4.78 is 1.12. The van der Waals surface area contributed by atoms with Gasteiger partial charge in [0.2, 0.25) is 0 Å². The zero-order valence-electron chi connectivity index (χ0n) is 11.3. The molecule has 0 radical (unpaired) electrons. The Morgan fingerprint density at radius 2 is 2.45 bits per heavy atom. The number of nitrogen functional groups attached to an aromatic ring is 1. The van der Waals surface area contributed by atoms with Gasteiger partial charge in [0, 0.05) is 11.7 Å². The molecule has 2 rings (SSSR count). The lowest BCUT2D eigenvalue weighted by atomic mass is 9.87. The number of nitrogens with zero attached hydrogens (tertiary/aromatic N) is 1. The number of hydrogen-bond acceptors (Lipinski definition) is 4. The van der Waals surface area contributed by atoms with E-state index in [4.69, 9.17) is 5.73 Å². The van der Waals surface area contributed by atoms with E-state index in [1.807, 2.05) is 25.2 Å². The van der Waals surface area contributed by atoms with Gasteiger partial charge in [-0.15, -0.1) is 6.58 Å². The number of allylic oxidation sites excluding steroid dienone is 4. The van der Waals surface area contributed by atoms with E-state index >= 15 is 0 Å². The van der Waals surface area contributed by atoms with Crippen molar-refractivity contribution in [3.63, 3.8) is 0 Å². The van der Waals surface area contributed by atoms with Crippen molar-refractivity contribution in [2.45, 2.75) is 19.3 Å². The van der Waals surface area contributed by atoms with Gasteiger partial charge in [-0.1, -0.05) is 41.6 Å². The molecule has 0 saturated carbocycles. The first kappa shape index (κ1) is 14.5. The average molecular weight is 291 g/mol. The van der Waals surface area contributed by atoms with Crippen molar-refractivity contribution in [3.8, 4) is 0 Å². The van der Waals surface area contributed by atoms with Crippen molar-refractivity contribution in [2.24, 2.45) is 0 Å². The smallest absolute Gasteiger partial charge is 0.306 e. The third-order valence-corrected chi connectivity index (χ3v) is 4.08. The second-order valence-electron chi connectivity index (χ2n) is 4.57. The molecule has 6 heteroatoms. The van der Waals surface area contributed by atoms with Crippen LogP contribution in [-0.2, 0) is 0 Å². The van der Waals surface area contributed by atoms with E-state index in [2.05, 4.69) is 11.7 Å². The van der Waals surface area contributed by atoms with E-state index in [9.17, 15) is 9.59 Å². The van der Waals surface area contributed by atoms with Gasteiger partial charge in [0.1, 0.15) is 5.82 Å². The van der Waals surface area contributed by atoms with Gasteiger partial charge >= 0.3 is 5.24 Å². The zero-order valence-corrected chi connectivity index (χ0v) is 12.1. The van der Waals surface area contributed by atoms with Gasteiger partial charge in [-0.3, -0.25) is 14.7 Å². The molecule has 1 unspecified atom stereocenters. The lowest BCUT2D eigenvalue weighted by Gasteiger charge is -2.17. The van der Waals surface area contributed by atoms with Crippen molar-refractivity contribution in [2.75, 3.05) is 11.5 Å². The molecule has 0 aromatic carbocycles. The molecule has 1 atom stereocenters. The van der Waals surface area contributed by atoms with E-state index in [0.717, 1.165) is 22.0 Å². The highest BCUT2D eigenvalue weighted by molar-refractivity contribution is 8.13. The average Bonchev–Trinajstić information content (AvgIpc) is 2.72. The third-order valence-electron chi connectivity index (χ3n) is 3.25. The van der Waals surface area contributed by atoms with Crippen LogP contribution in [0.5, 0.6) is 0 Å². The van der Waals surface area contributed by atoms with Crippen LogP contribution in [0.2, 0.25) is 0 Å². The second kappa shape index (κ2) is 6.00. The Hall–Kier alpha value is -1.95. The monoisotopic (exact) mass is 291 g/mol. The first-order valence-electron chi connectivity index (χ1n) is 6.28. The number of rotatable bonds is 3. The number of aromatic nitrogens is 2. The maximum atomic E-state index is 12.1. The lowest BCUT2D eigenvalue weighted by Crippen LogP contribution is -2.14. The number of nitrogens with two attached hydrogens (primary N) is 1. The van der Waals surface area contributed by atoms with E-state index < -0.39 is 0 Å². The minimum absolute atomic E-state index is 0.0674. The zero-order chi connectivity index (χ0) is 14.7. The van der Waals surface area contributed by atoms with Crippen LogP contribution in [0.15, 0.2) is 41.3 Å². The van der Waals surface area contributed by atoms with Crippen LogP contribution in [0.4, 0.5) is 10.6 Å². The Labute approximate surface area is 121 Å². The number of carbonyl (C=O) groups excluding carboxylic acids is 1. The van der Waals surface area contributed by atoms with Crippen LogP contribution in [0.3, 0.4) is 0 Å². The van der Waals surface area contributed by atoms with E-state index in [0.29, 0.717) is 17.7 Å². The van der Waals surface area contributed by atoms with Gasteiger partial charge in [-0.05, 0) is 13.3 Å². The van der Waals surface area contributed by atoms with Gasteiger partial charge in [0.15, 0.2) is 0 Å². The molecule has 20 heavy (non-hydrogen) atoms. The number of hydrogen-bond donors (Lipinski definition) is 2. The van der Waals surface area contributed by atoms with Crippen molar-refractivity contribution in [3.05, 3.63) is 52.4 Å². The fraction of sp³-hybridized carbons (Fsp3) is 0.286. The quantitative estimate of drug-likeness (QED) is 0.839. The summed E-state index contributed by atoms with van der Waals surface area (Å²) in [5.41, 5.74) is 7.22. The molecular formula is C14H17N3O2S. The summed E-state index contributed by atoms with van der Waals surface area (Å²) in [6, 6.07) is 0. The molecular weight excluding hydrogens is 274 g/mol. The first-order valence-corrected chi connectivity index (χ1v) is 7.26. The number of thioether (sulfide) groups is 1. The highest BCUT2D eigenvalue weighted by Gasteiger charge is 2.25. The molecule has 1 heterocycles. The van der Waals surface area contributed by atoms with Crippen LogP contribution in [0, 0.1) is 0 Å². The molecule has 0 bridgehead atoms. The van der Waals surface area contributed by atoms with Crippen LogP contribution >= 0.6 is 11.8 Å². The maximum absolute atomic E-state index is 12.1. The largest absolute Gasteiger partial charge is 0.383 e. The van der Waals surface area contributed by atoms with Gasteiger partial charge in [-0.25, -0.2) is 0 Å². The molecule has 0 fully saturated rings. The van der Waals surface area contributed by atoms with Crippen LogP contribution in [-0.4, -0.2) is 20.8 Å². The number of nitrogens with one attached hydrogen (secondary N) is 1. The van der Waals surface area contributed by atoms with Gasteiger partial charge < -0.3 is 5.73 Å². The molecule has 1 aromatic rings. The van der Waals surface area contributed by atoms with Crippen LogP contribution in [0.25, 0.3) is 0 Å². The number of aromatic amines is 1. The SMILES string of the molecule is C=CCSC(=O)n1[nH]c(=O)c(C2CC=CC=C2C)c1N. The fourth-order valence-corrected chi connectivity index (χ4v) is 2.75. The summed E-state index contributed by atoms with van der Waals surface area (Å²) in [7, 11) is 0. The Balaban J connectivity index is 2.37. The van der Waals surface area contributed by atoms with Crippen LogP contribution in [0.1, 0.15) is 24.8 Å². The number of H-pyrrole nitrogens is 1.